The van der Waals surface area contributed by atoms with Gasteiger partial charge in [0.25, 0.3) is 0 Å². The van der Waals surface area contributed by atoms with Crippen LogP contribution in [-0.2, 0) is 6.42 Å². The number of hydrogen-bond acceptors (Lipinski definition) is 3. The molecule has 4 heteroatoms. The monoisotopic (exact) mass is 258 g/mol. The average Bonchev–Trinajstić information content (AvgIpc) is 3.03. The largest absolute Gasteiger partial charge is 0.495 e. The Kier molecular flexibility index (Phi) is 2.80. The molecule has 2 heterocycles. The van der Waals surface area contributed by atoms with Gasteiger partial charge in [0.15, 0.2) is 5.82 Å². The molecule has 0 aliphatic carbocycles. The number of rotatable bonds is 3. The van der Waals surface area contributed by atoms with E-state index in [0.29, 0.717) is 0 Å². The number of benzene rings is 1. The fourth-order valence-electron chi connectivity index (χ4n) is 2.02. The number of aromatic amines is 1. The van der Waals surface area contributed by atoms with E-state index < -0.39 is 0 Å². The van der Waals surface area contributed by atoms with Gasteiger partial charge in [-0.1, -0.05) is 13.0 Å². The molecule has 0 fully saturated rings. The van der Waals surface area contributed by atoms with E-state index in [1.165, 1.54) is 5.56 Å². The van der Waals surface area contributed by atoms with Gasteiger partial charge in [-0.15, -0.1) is 11.3 Å². The van der Waals surface area contributed by atoms with Crippen molar-refractivity contribution in [1.82, 2.24) is 9.97 Å². The van der Waals surface area contributed by atoms with Crippen molar-refractivity contribution in [1.29, 1.82) is 0 Å². The summed E-state index contributed by atoms with van der Waals surface area (Å²) in [6.07, 6.45) is 1.03. The molecule has 3 aromatic rings. The van der Waals surface area contributed by atoms with Crippen molar-refractivity contribution in [3.8, 4) is 16.5 Å². The van der Waals surface area contributed by atoms with Crippen LogP contribution in [0.15, 0.2) is 29.6 Å². The second-order valence-corrected chi connectivity index (χ2v) is 5.02. The molecule has 2 aromatic heterocycles. The molecule has 0 aliphatic heterocycles. The topological polar surface area (TPSA) is 37.9 Å². The Morgan fingerprint density at radius 1 is 1.33 bits per heavy atom. The van der Waals surface area contributed by atoms with E-state index >= 15 is 0 Å². The van der Waals surface area contributed by atoms with E-state index in [2.05, 4.69) is 35.1 Å². The number of fused-ring (bicyclic) bond motifs is 1. The Balaban J connectivity index is 2.13. The maximum atomic E-state index is 5.33. The Bertz CT molecular complexity index is 684. The molecule has 0 radical (unpaired) electrons. The van der Waals surface area contributed by atoms with Crippen LogP contribution in [-0.4, -0.2) is 17.1 Å². The predicted molar refractivity (Wildman–Crippen MR) is 75.3 cm³/mol. The lowest BCUT2D eigenvalue weighted by atomic mass is 10.1. The molecule has 18 heavy (non-hydrogen) atoms. The molecule has 0 bridgehead atoms. The van der Waals surface area contributed by atoms with E-state index in [4.69, 9.17) is 4.74 Å². The highest BCUT2D eigenvalue weighted by Crippen LogP contribution is 2.34. The molecule has 3 rings (SSSR count). The van der Waals surface area contributed by atoms with Gasteiger partial charge in [0.1, 0.15) is 10.6 Å². The van der Waals surface area contributed by atoms with Crippen LogP contribution >= 0.6 is 11.3 Å². The van der Waals surface area contributed by atoms with Crippen LogP contribution in [0.2, 0.25) is 0 Å². The fourth-order valence-corrected chi connectivity index (χ4v) is 2.82. The summed E-state index contributed by atoms with van der Waals surface area (Å²) in [5, 5.41) is 2.01. The van der Waals surface area contributed by atoms with Crippen LogP contribution in [0, 0.1) is 0 Å². The maximum absolute atomic E-state index is 5.33. The summed E-state index contributed by atoms with van der Waals surface area (Å²) in [5.41, 5.74) is 3.40. The number of thiophene rings is 1. The van der Waals surface area contributed by atoms with E-state index in [-0.39, 0.29) is 0 Å². The fraction of sp³-hybridized carbons (Fsp3) is 0.214. The van der Waals surface area contributed by atoms with Gasteiger partial charge in [-0.25, -0.2) is 4.98 Å². The minimum Gasteiger partial charge on any atom is -0.495 e. The maximum Gasteiger partial charge on any atom is 0.152 e. The normalized spacial score (nSPS) is 11.0. The summed E-state index contributed by atoms with van der Waals surface area (Å²) >= 11 is 1.63. The number of aryl methyl sites for hydroxylation is 1. The molecule has 0 atom stereocenters. The SMILES string of the molecule is CCc1ccc2nc(-c3sccc3OC)[nH]c2c1. The van der Waals surface area contributed by atoms with Crippen molar-refractivity contribution in [3.05, 3.63) is 35.2 Å². The van der Waals surface area contributed by atoms with Crippen LogP contribution in [0.25, 0.3) is 21.7 Å². The molecule has 1 aromatic carbocycles. The van der Waals surface area contributed by atoms with Crippen LogP contribution < -0.4 is 4.74 Å². The number of nitrogens with one attached hydrogen (secondary N) is 1. The summed E-state index contributed by atoms with van der Waals surface area (Å²) in [6.45, 7) is 2.15. The van der Waals surface area contributed by atoms with E-state index in [1.807, 2.05) is 11.4 Å². The van der Waals surface area contributed by atoms with Crippen molar-refractivity contribution in [2.45, 2.75) is 13.3 Å². The minimum atomic E-state index is 0.870. The van der Waals surface area contributed by atoms with Gasteiger partial charge >= 0.3 is 0 Å². The Morgan fingerprint density at radius 3 is 3.00 bits per heavy atom. The Labute approximate surface area is 109 Å². The molecule has 0 aliphatic rings. The minimum absolute atomic E-state index is 0.870. The van der Waals surface area contributed by atoms with Crippen LogP contribution in [0.3, 0.4) is 0 Å². The molecule has 0 saturated carbocycles. The third-order valence-corrected chi connectivity index (χ3v) is 3.92. The first kappa shape index (κ1) is 11.3. The van der Waals surface area contributed by atoms with Gasteiger partial charge in [0.2, 0.25) is 0 Å². The lowest BCUT2D eigenvalue weighted by molar-refractivity contribution is 0.418. The zero-order valence-corrected chi connectivity index (χ0v) is 11.2. The van der Waals surface area contributed by atoms with Crippen molar-refractivity contribution in [2.75, 3.05) is 7.11 Å². The van der Waals surface area contributed by atoms with Gasteiger partial charge in [-0.05, 0) is 35.6 Å². The van der Waals surface area contributed by atoms with Gasteiger partial charge in [0.05, 0.1) is 18.1 Å². The van der Waals surface area contributed by atoms with Gasteiger partial charge in [-0.2, -0.15) is 0 Å². The van der Waals surface area contributed by atoms with Crippen molar-refractivity contribution in [3.63, 3.8) is 0 Å². The number of hydrogen-bond donors (Lipinski definition) is 1. The number of ether oxygens (including phenoxy) is 1. The summed E-state index contributed by atoms with van der Waals surface area (Å²) in [7, 11) is 1.68. The zero-order chi connectivity index (χ0) is 12.5. The standard InChI is InChI=1S/C14H14N2OS/c1-3-9-4-5-10-11(8-9)16-14(15-10)13-12(17-2)6-7-18-13/h4-8H,3H2,1-2H3,(H,15,16). The lowest BCUT2D eigenvalue weighted by Crippen LogP contribution is -1.83. The molecule has 0 amide bonds. The number of imidazole rings is 1. The van der Waals surface area contributed by atoms with Gasteiger partial charge in [0, 0.05) is 0 Å². The van der Waals surface area contributed by atoms with Crippen molar-refractivity contribution < 1.29 is 4.74 Å². The van der Waals surface area contributed by atoms with Crippen LogP contribution in [0.1, 0.15) is 12.5 Å². The van der Waals surface area contributed by atoms with Crippen LogP contribution in [0.4, 0.5) is 0 Å². The van der Waals surface area contributed by atoms with Gasteiger partial charge < -0.3 is 9.72 Å². The lowest BCUT2D eigenvalue weighted by Gasteiger charge is -1.97. The first-order valence-corrected chi connectivity index (χ1v) is 6.80. The van der Waals surface area contributed by atoms with Gasteiger partial charge in [-0.3, -0.25) is 0 Å². The second-order valence-electron chi connectivity index (χ2n) is 4.11. The molecule has 3 nitrogen and oxygen atoms in total. The molecular weight excluding hydrogens is 244 g/mol. The first-order chi connectivity index (χ1) is 8.81. The first-order valence-electron chi connectivity index (χ1n) is 5.92. The van der Waals surface area contributed by atoms with E-state index in [0.717, 1.165) is 33.9 Å². The van der Waals surface area contributed by atoms with Crippen LogP contribution in [0.5, 0.6) is 5.75 Å². The molecule has 1 N–H and O–H groups in total. The van der Waals surface area contributed by atoms with E-state index in [1.54, 1.807) is 18.4 Å². The average molecular weight is 258 g/mol. The third-order valence-electron chi connectivity index (χ3n) is 3.02. The Hall–Kier alpha value is -1.81. The molecule has 0 unspecified atom stereocenters. The molecule has 0 spiro atoms. The highest BCUT2D eigenvalue weighted by molar-refractivity contribution is 7.13. The Morgan fingerprint density at radius 2 is 2.22 bits per heavy atom. The zero-order valence-electron chi connectivity index (χ0n) is 10.4. The number of methoxy groups -OCH3 is 1. The van der Waals surface area contributed by atoms with E-state index in [9.17, 15) is 0 Å². The smallest absolute Gasteiger partial charge is 0.152 e. The summed E-state index contributed by atoms with van der Waals surface area (Å²) in [4.78, 5) is 9.03. The number of aromatic nitrogens is 2. The molecule has 92 valence electrons. The molecule has 0 saturated heterocycles. The highest BCUT2D eigenvalue weighted by atomic mass is 32.1. The van der Waals surface area contributed by atoms with Crippen molar-refractivity contribution >= 4 is 22.4 Å². The molecular formula is C14H14N2OS. The highest BCUT2D eigenvalue weighted by Gasteiger charge is 2.11. The third kappa shape index (κ3) is 1.78. The number of H-pyrrole nitrogens is 1. The van der Waals surface area contributed by atoms with Crippen molar-refractivity contribution in [2.24, 2.45) is 0 Å². The summed E-state index contributed by atoms with van der Waals surface area (Å²) in [6, 6.07) is 8.31. The quantitative estimate of drug-likeness (QED) is 0.774. The summed E-state index contributed by atoms with van der Waals surface area (Å²) < 4.78 is 5.33. The summed E-state index contributed by atoms with van der Waals surface area (Å²) in [5.74, 6) is 1.75. The number of nitrogens with zero attached hydrogens (tertiary/aromatic N) is 1. The second kappa shape index (κ2) is 4.46. The predicted octanol–water partition coefficient (Wildman–Crippen LogP) is 3.86.